The number of hydrogen-bond acceptors (Lipinski definition) is 6. The van der Waals surface area contributed by atoms with Crippen molar-refractivity contribution in [3.05, 3.63) is 125 Å². The summed E-state index contributed by atoms with van der Waals surface area (Å²) in [7, 11) is 0. The van der Waals surface area contributed by atoms with Crippen molar-refractivity contribution in [1.29, 1.82) is 0 Å². The number of anilines is 2. The first kappa shape index (κ1) is 33.9. The fourth-order valence-corrected chi connectivity index (χ4v) is 5.93. The number of amides is 3. The zero-order valence-corrected chi connectivity index (χ0v) is 27.1. The molecule has 0 fully saturated rings. The zero-order chi connectivity index (χ0) is 35.1. The minimum Gasteiger partial charge on any atom is -0.405 e. The van der Waals surface area contributed by atoms with E-state index in [1.807, 2.05) is 24.3 Å². The fraction of sp³-hybridized carbons (Fsp3) is 0.216. The Morgan fingerprint density at radius 3 is 2.32 bits per heavy atom. The van der Waals surface area contributed by atoms with E-state index >= 15 is 0 Å². The molecule has 0 saturated carbocycles. The van der Waals surface area contributed by atoms with E-state index in [0.717, 1.165) is 30.4 Å². The normalized spacial score (nSPS) is 13.6. The maximum absolute atomic E-state index is 14.1. The van der Waals surface area contributed by atoms with Gasteiger partial charge in [0.05, 0.1) is 12.6 Å². The smallest absolute Gasteiger partial charge is 0.405 e. The van der Waals surface area contributed by atoms with E-state index in [-0.39, 0.29) is 23.8 Å². The lowest BCUT2D eigenvalue weighted by molar-refractivity contribution is -0.274. The summed E-state index contributed by atoms with van der Waals surface area (Å²) in [5.74, 6) is -0.716. The number of aromatic nitrogens is 4. The van der Waals surface area contributed by atoms with Gasteiger partial charge in [-0.2, -0.15) is 5.21 Å². The van der Waals surface area contributed by atoms with E-state index in [1.165, 1.54) is 24.1 Å². The molecule has 0 saturated heterocycles. The van der Waals surface area contributed by atoms with Gasteiger partial charge in [-0.15, -0.1) is 18.3 Å². The Labute approximate surface area is 286 Å². The van der Waals surface area contributed by atoms with Crippen LogP contribution in [0.3, 0.4) is 0 Å². The van der Waals surface area contributed by atoms with E-state index in [4.69, 9.17) is 0 Å². The SMILES string of the molecule is CC(NC(=O)N(Cc1ccc(C(=O)Nc2nn[nH]n2)cc1)c1ccc(C2=CCCCC2)cc1)c1ccccc1-c1ccccc1OC(F)(F)F. The second kappa shape index (κ2) is 15.1. The summed E-state index contributed by atoms with van der Waals surface area (Å²) in [6.07, 6.45) is 1.75. The molecule has 1 unspecified atom stereocenters. The number of benzene rings is 4. The third kappa shape index (κ3) is 8.35. The van der Waals surface area contributed by atoms with Gasteiger partial charge in [0, 0.05) is 16.8 Å². The number of tetrazole rings is 1. The Hall–Kier alpha value is -5.98. The number of carbonyl (C=O) groups is 2. The predicted octanol–water partition coefficient (Wildman–Crippen LogP) is 8.45. The molecule has 1 heterocycles. The highest BCUT2D eigenvalue weighted by atomic mass is 19.4. The quantitative estimate of drug-likeness (QED) is 0.136. The monoisotopic (exact) mass is 681 g/mol. The van der Waals surface area contributed by atoms with Gasteiger partial charge in [-0.1, -0.05) is 77.9 Å². The van der Waals surface area contributed by atoms with Gasteiger partial charge in [-0.05, 0) is 96.0 Å². The van der Waals surface area contributed by atoms with Gasteiger partial charge in [0.1, 0.15) is 5.75 Å². The molecular weight excluding hydrogens is 647 g/mol. The molecule has 1 aliphatic carbocycles. The molecule has 3 N–H and O–H groups in total. The third-order valence-electron chi connectivity index (χ3n) is 8.38. The number of alkyl halides is 3. The summed E-state index contributed by atoms with van der Waals surface area (Å²) in [5.41, 5.74) is 5.49. The topological polar surface area (TPSA) is 125 Å². The van der Waals surface area contributed by atoms with Crippen LogP contribution in [-0.2, 0) is 6.54 Å². The lowest BCUT2D eigenvalue weighted by Crippen LogP contribution is -2.41. The highest BCUT2D eigenvalue weighted by Crippen LogP contribution is 2.37. The number of aromatic amines is 1. The molecule has 10 nitrogen and oxygen atoms in total. The molecule has 1 aliphatic rings. The Kier molecular flexibility index (Phi) is 10.2. The van der Waals surface area contributed by atoms with Crippen molar-refractivity contribution in [3.8, 4) is 16.9 Å². The molecule has 50 heavy (non-hydrogen) atoms. The van der Waals surface area contributed by atoms with Crippen LogP contribution in [0.25, 0.3) is 16.7 Å². The van der Waals surface area contributed by atoms with Crippen molar-refractivity contribution in [3.63, 3.8) is 0 Å². The largest absolute Gasteiger partial charge is 0.573 e. The molecule has 6 rings (SSSR count). The van der Waals surface area contributed by atoms with Gasteiger partial charge in [-0.3, -0.25) is 15.0 Å². The van der Waals surface area contributed by atoms with Crippen LogP contribution in [0.2, 0.25) is 0 Å². The van der Waals surface area contributed by atoms with Crippen LogP contribution in [0, 0.1) is 0 Å². The molecule has 0 radical (unpaired) electrons. The summed E-state index contributed by atoms with van der Waals surface area (Å²) in [4.78, 5) is 28.3. The fourth-order valence-electron chi connectivity index (χ4n) is 5.93. The number of urea groups is 1. The number of nitrogens with zero attached hydrogens (tertiary/aromatic N) is 4. The van der Waals surface area contributed by atoms with Crippen molar-refractivity contribution < 1.29 is 27.5 Å². The number of H-pyrrole nitrogens is 1. The van der Waals surface area contributed by atoms with Gasteiger partial charge in [0.25, 0.3) is 11.9 Å². The molecule has 256 valence electrons. The Morgan fingerprint density at radius 1 is 0.920 bits per heavy atom. The van der Waals surface area contributed by atoms with Crippen molar-refractivity contribution in [2.75, 3.05) is 10.2 Å². The lowest BCUT2D eigenvalue weighted by Gasteiger charge is -2.27. The molecule has 0 spiro atoms. The number of rotatable bonds is 10. The predicted molar refractivity (Wildman–Crippen MR) is 183 cm³/mol. The van der Waals surface area contributed by atoms with Crippen molar-refractivity contribution in [1.82, 2.24) is 25.9 Å². The first-order chi connectivity index (χ1) is 24.1. The molecule has 0 aliphatic heterocycles. The molecule has 13 heteroatoms. The zero-order valence-electron chi connectivity index (χ0n) is 27.1. The summed E-state index contributed by atoms with van der Waals surface area (Å²) in [5, 5.41) is 18.8. The summed E-state index contributed by atoms with van der Waals surface area (Å²) in [6, 6.07) is 26.4. The minimum absolute atomic E-state index is 0.0430. The summed E-state index contributed by atoms with van der Waals surface area (Å²) in [6.45, 7) is 1.94. The number of para-hydroxylation sites is 1. The number of hydrogen-bond donors (Lipinski definition) is 3. The van der Waals surface area contributed by atoms with Crippen LogP contribution in [0.5, 0.6) is 5.75 Å². The molecular formula is C37H34F3N7O3. The van der Waals surface area contributed by atoms with Crippen LogP contribution in [0.15, 0.2) is 103 Å². The molecule has 1 aromatic heterocycles. The van der Waals surface area contributed by atoms with Crippen molar-refractivity contribution >= 4 is 29.1 Å². The van der Waals surface area contributed by atoms with E-state index in [2.05, 4.69) is 42.1 Å². The molecule has 4 aromatic carbocycles. The third-order valence-corrected chi connectivity index (χ3v) is 8.38. The average Bonchev–Trinajstić information content (AvgIpc) is 3.64. The van der Waals surface area contributed by atoms with Gasteiger partial charge in [0.2, 0.25) is 0 Å². The van der Waals surface area contributed by atoms with E-state index in [0.29, 0.717) is 22.4 Å². The van der Waals surface area contributed by atoms with Crippen LogP contribution >= 0.6 is 0 Å². The minimum atomic E-state index is -4.87. The van der Waals surface area contributed by atoms with Crippen molar-refractivity contribution in [2.45, 2.75) is 51.6 Å². The highest BCUT2D eigenvalue weighted by molar-refractivity contribution is 6.03. The average molecular weight is 682 g/mol. The Bertz CT molecular complexity index is 1960. The second-order valence-corrected chi connectivity index (χ2v) is 11.8. The summed E-state index contributed by atoms with van der Waals surface area (Å²) < 4.78 is 44.1. The number of nitrogens with one attached hydrogen (secondary N) is 3. The van der Waals surface area contributed by atoms with E-state index < -0.39 is 24.3 Å². The van der Waals surface area contributed by atoms with Gasteiger partial charge in [0.15, 0.2) is 0 Å². The number of halogens is 3. The molecule has 5 aromatic rings. The van der Waals surface area contributed by atoms with Gasteiger partial charge < -0.3 is 10.1 Å². The first-order valence-corrected chi connectivity index (χ1v) is 16.1. The number of carbonyl (C=O) groups excluding carboxylic acids is 2. The summed E-state index contributed by atoms with van der Waals surface area (Å²) >= 11 is 0. The van der Waals surface area contributed by atoms with Crippen LogP contribution < -0.4 is 20.3 Å². The Morgan fingerprint density at radius 2 is 1.64 bits per heavy atom. The Balaban J connectivity index is 1.26. The van der Waals surface area contributed by atoms with E-state index in [1.54, 1.807) is 72.5 Å². The van der Waals surface area contributed by atoms with Gasteiger partial charge in [-0.25, -0.2) is 4.79 Å². The molecule has 1 atom stereocenters. The first-order valence-electron chi connectivity index (χ1n) is 16.1. The van der Waals surface area contributed by atoms with Crippen LogP contribution in [-0.4, -0.2) is 38.9 Å². The lowest BCUT2D eigenvalue weighted by atomic mass is 9.93. The second-order valence-electron chi connectivity index (χ2n) is 11.8. The maximum atomic E-state index is 14.1. The van der Waals surface area contributed by atoms with Crippen LogP contribution in [0.1, 0.15) is 65.7 Å². The maximum Gasteiger partial charge on any atom is 0.573 e. The van der Waals surface area contributed by atoms with E-state index in [9.17, 15) is 22.8 Å². The highest BCUT2D eigenvalue weighted by Gasteiger charge is 2.32. The molecule has 0 bridgehead atoms. The van der Waals surface area contributed by atoms with Crippen molar-refractivity contribution in [2.24, 2.45) is 0 Å². The van der Waals surface area contributed by atoms with Crippen LogP contribution in [0.4, 0.5) is 29.6 Å². The number of allylic oxidation sites excluding steroid dienone is 2. The van der Waals surface area contributed by atoms with Gasteiger partial charge >= 0.3 is 12.4 Å². The standard InChI is InChI=1S/C37H34F3N7O3/c1-24(30-11-5-6-12-31(30)32-13-7-8-14-33(32)50-37(38,39)40)41-36(49)47(29-21-19-27(20-22-29)26-9-3-2-4-10-26)23-25-15-17-28(18-16-25)34(48)42-35-43-45-46-44-35/h5-9,11-22,24H,2-4,10,23H2,1H3,(H,41,49)(H2,42,43,44,45,46,48). The molecule has 3 amide bonds. The number of ether oxygens (including phenoxy) is 1.